The van der Waals surface area contributed by atoms with Crippen LogP contribution in [0.25, 0.3) is 0 Å². The van der Waals surface area contributed by atoms with Crippen molar-refractivity contribution in [2.24, 2.45) is 5.92 Å². The number of rotatable bonds is 6. The Labute approximate surface area is 144 Å². The van der Waals surface area contributed by atoms with Crippen molar-refractivity contribution in [3.05, 3.63) is 34.9 Å². The highest BCUT2D eigenvalue weighted by molar-refractivity contribution is 7.99. The van der Waals surface area contributed by atoms with Crippen molar-refractivity contribution in [3.63, 3.8) is 0 Å². The number of halogens is 5. The maximum absolute atomic E-state index is 13.7. The van der Waals surface area contributed by atoms with E-state index in [1.807, 2.05) is 11.8 Å². The SMILES string of the molecule is CCSC1CCC(CCc2cc(F)c(C(F)(F)Cl)c(F)c2)CC1. The molecule has 0 spiro atoms. The quantitative estimate of drug-likeness (QED) is 0.408. The lowest BCUT2D eigenvalue weighted by Crippen LogP contribution is -2.17. The molecule has 0 heterocycles. The Morgan fingerprint density at radius 2 is 1.70 bits per heavy atom. The summed E-state index contributed by atoms with van der Waals surface area (Å²) in [7, 11) is 0. The summed E-state index contributed by atoms with van der Waals surface area (Å²) in [5.41, 5.74) is -0.949. The number of aryl methyl sites for hydroxylation is 1. The standard InChI is InChI=1S/C17H21ClF4S/c1-2-23-13-7-5-11(6-8-13)3-4-12-9-14(19)16(15(20)10-12)17(18,21)22/h9-11,13H,2-8H2,1H3. The number of hydrogen-bond donors (Lipinski definition) is 0. The summed E-state index contributed by atoms with van der Waals surface area (Å²) in [6, 6.07) is 1.96. The summed E-state index contributed by atoms with van der Waals surface area (Å²) in [5, 5.41) is -3.29. The van der Waals surface area contributed by atoms with Gasteiger partial charge >= 0.3 is 5.38 Å². The Morgan fingerprint density at radius 1 is 1.13 bits per heavy atom. The molecule has 1 aliphatic rings. The van der Waals surface area contributed by atoms with Gasteiger partial charge in [0.15, 0.2) is 0 Å². The minimum Gasteiger partial charge on any atom is -0.206 e. The molecular weight excluding hydrogens is 348 g/mol. The first-order valence-corrected chi connectivity index (χ1v) is 9.40. The van der Waals surface area contributed by atoms with Crippen molar-refractivity contribution >= 4 is 23.4 Å². The molecule has 1 aromatic rings. The summed E-state index contributed by atoms with van der Waals surface area (Å²) >= 11 is 6.74. The molecule has 1 fully saturated rings. The van der Waals surface area contributed by atoms with Crippen LogP contribution in [0.5, 0.6) is 0 Å². The van der Waals surface area contributed by atoms with E-state index >= 15 is 0 Å². The lowest BCUT2D eigenvalue weighted by atomic mass is 9.85. The molecule has 0 unspecified atom stereocenters. The Kier molecular flexibility index (Phi) is 6.66. The molecule has 1 saturated carbocycles. The number of thioether (sulfide) groups is 1. The first kappa shape index (κ1) is 18.9. The molecule has 0 N–H and O–H groups in total. The van der Waals surface area contributed by atoms with Crippen molar-refractivity contribution in [3.8, 4) is 0 Å². The van der Waals surface area contributed by atoms with Crippen LogP contribution in [0.15, 0.2) is 12.1 Å². The molecule has 0 atom stereocenters. The molecule has 0 aromatic heterocycles. The van der Waals surface area contributed by atoms with Crippen LogP contribution >= 0.6 is 23.4 Å². The van der Waals surface area contributed by atoms with E-state index in [-0.39, 0.29) is 0 Å². The van der Waals surface area contributed by atoms with Crippen LogP contribution in [0, 0.1) is 17.6 Å². The fourth-order valence-electron chi connectivity index (χ4n) is 3.23. The minimum absolute atomic E-state index is 0.412. The summed E-state index contributed by atoms with van der Waals surface area (Å²) < 4.78 is 53.3. The Morgan fingerprint density at radius 3 is 2.17 bits per heavy atom. The molecular formula is C17H21ClF4S. The summed E-state index contributed by atoms with van der Waals surface area (Å²) in [6.45, 7) is 2.16. The average molecular weight is 369 g/mol. The van der Waals surface area contributed by atoms with Gasteiger partial charge in [-0.25, -0.2) is 8.78 Å². The minimum atomic E-state index is -4.03. The van der Waals surface area contributed by atoms with E-state index < -0.39 is 22.6 Å². The zero-order valence-electron chi connectivity index (χ0n) is 13.1. The third kappa shape index (κ3) is 5.28. The van der Waals surface area contributed by atoms with Gasteiger partial charge in [-0.15, -0.1) is 0 Å². The number of hydrogen-bond acceptors (Lipinski definition) is 1. The molecule has 0 amide bonds. The predicted octanol–water partition coefficient (Wildman–Crippen LogP) is 6.50. The van der Waals surface area contributed by atoms with Gasteiger partial charge < -0.3 is 0 Å². The van der Waals surface area contributed by atoms with E-state index in [2.05, 4.69) is 6.92 Å². The molecule has 130 valence electrons. The van der Waals surface area contributed by atoms with Crippen LogP contribution < -0.4 is 0 Å². The Hall–Kier alpha value is -0.420. The fourth-order valence-corrected chi connectivity index (χ4v) is 4.49. The van der Waals surface area contributed by atoms with Crippen molar-refractivity contribution in [2.75, 3.05) is 5.75 Å². The number of benzene rings is 1. The molecule has 1 aliphatic carbocycles. The zero-order valence-corrected chi connectivity index (χ0v) is 14.6. The lowest BCUT2D eigenvalue weighted by molar-refractivity contribution is 0.0858. The van der Waals surface area contributed by atoms with Gasteiger partial charge in [-0.1, -0.05) is 6.92 Å². The van der Waals surface area contributed by atoms with E-state index in [9.17, 15) is 17.6 Å². The van der Waals surface area contributed by atoms with Gasteiger partial charge in [0.2, 0.25) is 0 Å². The Bertz CT molecular complexity index is 499. The van der Waals surface area contributed by atoms with E-state index in [0.29, 0.717) is 17.9 Å². The van der Waals surface area contributed by atoms with Crippen LogP contribution in [-0.2, 0) is 11.8 Å². The van der Waals surface area contributed by atoms with Crippen molar-refractivity contribution in [2.45, 2.75) is 56.1 Å². The van der Waals surface area contributed by atoms with E-state index in [4.69, 9.17) is 11.6 Å². The third-order valence-corrected chi connectivity index (χ3v) is 5.89. The third-order valence-electron chi connectivity index (χ3n) is 4.42. The second-order valence-electron chi connectivity index (χ2n) is 6.07. The maximum Gasteiger partial charge on any atom is 0.353 e. The van der Waals surface area contributed by atoms with Crippen LogP contribution in [0.3, 0.4) is 0 Å². The zero-order chi connectivity index (χ0) is 17.0. The number of alkyl halides is 3. The molecule has 0 saturated heterocycles. The van der Waals surface area contributed by atoms with Gasteiger partial charge in [-0.05, 0) is 79.5 Å². The second-order valence-corrected chi connectivity index (χ2v) is 8.12. The molecule has 0 aliphatic heterocycles. The average Bonchev–Trinajstić information content (AvgIpc) is 2.44. The van der Waals surface area contributed by atoms with Gasteiger partial charge in [0.05, 0.1) is 0 Å². The largest absolute Gasteiger partial charge is 0.353 e. The fraction of sp³-hybridized carbons (Fsp3) is 0.647. The van der Waals surface area contributed by atoms with Crippen LogP contribution in [0.1, 0.15) is 50.2 Å². The van der Waals surface area contributed by atoms with Crippen LogP contribution in [-0.4, -0.2) is 11.0 Å². The first-order chi connectivity index (χ1) is 10.8. The normalized spacial score (nSPS) is 22.3. The van der Waals surface area contributed by atoms with Crippen LogP contribution in [0.4, 0.5) is 17.6 Å². The molecule has 0 radical (unpaired) electrons. The molecule has 0 nitrogen and oxygen atoms in total. The van der Waals surface area contributed by atoms with Gasteiger partial charge in [-0.2, -0.15) is 20.5 Å². The summed E-state index contributed by atoms with van der Waals surface area (Å²) in [4.78, 5) is 0. The van der Waals surface area contributed by atoms with E-state index in [1.165, 1.54) is 12.8 Å². The lowest BCUT2D eigenvalue weighted by Gasteiger charge is -2.28. The second kappa shape index (κ2) is 8.11. The highest BCUT2D eigenvalue weighted by Crippen LogP contribution is 2.37. The first-order valence-electron chi connectivity index (χ1n) is 7.98. The topological polar surface area (TPSA) is 0 Å². The smallest absolute Gasteiger partial charge is 0.206 e. The maximum atomic E-state index is 13.7. The van der Waals surface area contributed by atoms with Gasteiger partial charge in [-0.3, -0.25) is 0 Å². The summed E-state index contributed by atoms with van der Waals surface area (Å²) in [5.74, 6) is -0.874. The van der Waals surface area contributed by atoms with E-state index in [0.717, 1.165) is 42.4 Å². The molecule has 0 bridgehead atoms. The molecule has 1 aromatic carbocycles. The van der Waals surface area contributed by atoms with Crippen molar-refractivity contribution in [1.82, 2.24) is 0 Å². The van der Waals surface area contributed by atoms with Crippen molar-refractivity contribution in [1.29, 1.82) is 0 Å². The highest BCUT2D eigenvalue weighted by Gasteiger charge is 2.35. The van der Waals surface area contributed by atoms with Gasteiger partial charge in [0.25, 0.3) is 0 Å². The Balaban J connectivity index is 1.92. The van der Waals surface area contributed by atoms with E-state index in [1.54, 1.807) is 0 Å². The molecule has 6 heteroatoms. The van der Waals surface area contributed by atoms with Crippen molar-refractivity contribution < 1.29 is 17.6 Å². The predicted molar refractivity (Wildman–Crippen MR) is 88.3 cm³/mol. The van der Waals surface area contributed by atoms with Gasteiger partial charge in [0.1, 0.15) is 17.2 Å². The molecule has 23 heavy (non-hydrogen) atoms. The van der Waals surface area contributed by atoms with Gasteiger partial charge in [0, 0.05) is 5.25 Å². The highest BCUT2D eigenvalue weighted by atomic mass is 35.5. The van der Waals surface area contributed by atoms with Crippen LogP contribution in [0.2, 0.25) is 0 Å². The molecule has 2 rings (SSSR count). The monoisotopic (exact) mass is 368 g/mol. The summed E-state index contributed by atoms with van der Waals surface area (Å²) in [6.07, 6.45) is 5.95.